The van der Waals surface area contributed by atoms with Crippen LogP contribution in [0, 0.1) is 0 Å². The number of hydrogen-bond acceptors (Lipinski definition) is 3. The van der Waals surface area contributed by atoms with Crippen LogP contribution in [-0.2, 0) is 16.1 Å². The van der Waals surface area contributed by atoms with Crippen LogP contribution in [0.15, 0.2) is 53.0 Å². The molecule has 0 saturated carbocycles. The zero-order chi connectivity index (χ0) is 23.0. The van der Waals surface area contributed by atoms with Crippen LogP contribution in [0.4, 0.5) is 0 Å². The van der Waals surface area contributed by atoms with Gasteiger partial charge < -0.3 is 15.0 Å². The van der Waals surface area contributed by atoms with Gasteiger partial charge in [0.1, 0.15) is 11.8 Å². The maximum Gasteiger partial charge on any atom is 0.261 e. The highest BCUT2D eigenvalue weighted by molar-refractivity contribution is 9.10. The minimum absolute atomic E-state index is 0.0495. The van der Waals surface area contributed by atoms with Crippen molar-refractivity contribution in [1.82, 2.24) is 10.2 Å². The molecule has 0 radical (unpaired) electrons. The summed E-state index contributed by atoms with van der Waals surface area (Å²) in [6.45, 7) is 10.2. The average molecular weight is 489 g/mol. The first-order valence-electron chi connectivity index (χ1n) is 10.8. The van der Waals surface area contributed by atoms with E-state index < -0.39 is 6.04 Å². The van der Waals surface area contributed by atoms with Crippen molar-refractivity contribution in [2.45, 2.75) is 65.6 Å². The van der Waals surface area contributed by atoms with Crippen molar-refractivity contribution >= 4 is 27.7 Å². The van der Waals surface area contributed by atoms with Crippen molar-refractivity contribution < 1.29 is 14.3 Å². The van der Waals surface area contributed by atoms with E-state index in [1.165, 1.54) is 5.56 Å². The molecule has 0 aliphatic heterocycles. The van der Waals surface area contributed by atoms with Crippen molar-refractivity contribution in [2.24, 2.45) is 0 Å². The van der Waals surface area contributed by atoms with Crippen LogP contribution in [0.5, 0.6) is 5.75 Å². The summed E-state index contributed by atoms with van der Waals surface area (Å²) in [6.07, 6.45) is 0.827. The van der Waals surface area contributed by atoms with Gasteiger partial charge in [-0.3, -0.25) is 9.59 Å². The number of halogens is 1. The molecule has 0 fully saturated rings. The molecular weight excluding hydrogens is 456 g/mol. The van der Waals surface area contributed by atoms with Gasteiger partial charge in [-0.25, -0.2) is 0 Å². The van der Waals surface area contributed by atoms with Crippen LogP contribution in [0.2, 0.25) is 0 Å². The largest absolute Gasteiger partial charge is 0.484 e. The summed E-state index contributed by atoms with van der Waals surface area (Å²) in [5.74, 6) is 0.664. The van der Waals surface area contributed by atoms with Crippen molar-refractivity contribution in [3.05, 3.63) is 64.1 Å². The van der Waals surface area contributed by atoms with E-state index in [4.69, 9.17) is 4.74 Å². The van der Waals surface area contributed by atoms with Gasteiger partial charge in [0.15, 0.2) is 6.61 Å². The Morgan fingerprint density at radius 1 is 1.06 bits per heavy atom. The van der Waals surface area contributed by atoms with Gasteiger partial charge in [0.05, 0.1) is 0 Å². The highest BCUT2D eigenvalue weighted by atomic mass is 79.9. The van der Waals surface area contributed by atoms with Crippen LogP contribution in [0.1, 0.15) is 58.1 Å². The first-order chi connectivity index (χ1) is 14.7. The zero-order valence-corrected chi connectivity index (χ0v) is 20.6. The standard InChI is InChI=1S/C25H33BrN2O3/c1-6-18(4)27-25(30)19(5)28(15-20-8-7-9-22(26)14-20)24(29)16-31-23-12-10-21(11-13-23)17(2)3/h7-14,17-19H,6,15-16H2,1-5H3,(H,27,30)/t18-,19+/m1/s1. The molecule has 168 valence electrons. The highest BCUT2D eigenvalue weighted by Gasteiger charge is 2.27. The summed E-state index contributed by atoms with van der Waals surface area (Å²) >= 11 is 3.47. The molecule has 2 atom stereocenters. The molecule has 0 aliphatic rings. The number of ether oxygens (including phenoxy) is 1. The van der Waals surface area contributed by atoms with Gasteiger partial charge in [0, 0.05) is 17.1 Å². The molecule has 31 heavy (non-hydrogen) atoms. The Morgan fingerprint density at radius 2 is 1.74 bits per heavy atom. The Morgan fingerprint density at radius 3 is 2.32 bits per heavy atom. The summed E-state index contributed by atoms with van der Waals surface area (Å²) in [5.41, 5.74) is 2.15. The lowest BCUT2D eigenvalue weighted by Crippen LogP contribution is -2.50. The summed E-state index contributed by atoms with van der Waals surface area (Å²) in [5, 5.41) is 2.97. The Balaban J connectivity index is 2.13. The molecule has 2 aromatic rings. The number of benzene rings is 2. The van der Waals surface area contributed by atoms with Crippen LogP contribution in [0.3, 0.4) is 0 Å². The van der Waals surface area contributed by atoms with E-state index in [9.17, 15) is 9.59 Å². The van der Waals surface area contributed by atoms with Crippen molar-refractivity contribution in [1.29, 1.82) is 0 Å². The van der Waals surface area contributed by atoms with Gasteiger partial charge in [0.25, 0.3) is 5.91 Å². The number of nitrogens with zero attached hydrogens (tertiary/aromatic N) is 1. The van der Waals surface area contributed by atoms with Crippen LogP contribution < -0.4 is 10.1 Å². The second-order valence-electron chi connectivity index (χ2n) is 8.16. The SMILES string of the molecule is CC[C@@H](C)NC(=O)[C@H](C)N(Cc1cccc(Br)c1)C(=O)COc1ccc(C(C)C)cc1. The molecule has 5 nitrogen and oxygen atoms in total. The number of carbonyl (C=O) groups is 2. The fourth-order valence-corrected chi connectivity index (χ4v) is 3.50. The summed E-state index contributed by atoms with van der Waals surface area (Å²) < 4.78 is 6.67. The molecule has 0 unspecified atom stereocenters. The normalized spacial score (nSPS) is 12.9. The minimum atomic E-state index is -0.618. The minimum Gasteiger partial charge on any atom is -0.484 e. The quantitative estimate of drug-likeness (QED) is 0.494. The Bertz CT molecular complexity index is 867. The predicted octanol–water partition coefficient (Wildman–Crippen LogP) is 5.28. The van der Waals surface area contributed by atoms with Crippen molar-refractivity contribution in [3.63, 3.8) is 0 Å². The molecule has 0 saturated heterocycles. The molecule has 0 aromatic heterocycles. The molecule has 0 bridgehead atoms. The first-order valence-corrected chi connectivity index (χ1v) is 11.6. The van der Waals surface area contributed by atoms with E-state index >= 15 is 0 Å². The van der Waals surface area contributed by atoms with E-state index in [-0.39, 0.29) is 24.5 Å². The molecule has 0 heterocycles. The highest BCUT2D eigenvalue weighted by Crippen LogP contribution is 2.19. The fraction of sp³-hybridized carbons (Fsp3) is 0.440. The van der Waals surface area contributed by atoms with E-state index in [2.05, 4.69) is 35.1 Å². The van der Waals surface area contributed by atoms with Gasteiger partial charge in [-0.2, -0.15) is 0 Å². The monoisotopic (exact) mass is 488 g/mol. The molecule has 1 N–H and O–H groups in total. The number of nitrogens with one attached hydrogen (secondary N) is 1. The van der Waals surface area contributed by atoms with Gasteiger partial charge >= 0.3 is 0 Å². The van der Waals surface area contributed by atoms with Crippen LogP contribution in [-0.4, -0.2) is 35.4 Å². The Kier molecular flexibility index (Phi) is 9.56. The second kappa shape index (κ2) is 11.9. The third-order valence-electron chi connectivity index (χ3n) is 5.32. The van der Waals surface area contributed by atoms with Crippen molar-refractivity contribution in [3.8, 4) is 5.75 Å². The third-order valence-corrected chi connectivity index (χ3v) is 5.81. The van der Waals surface area contributed by atoms with Gasteiger partial charge in [-0.15, -0.1) is 0 Å². The van der Waals surface area contributed by atoms with E-state index in [0.717, 1.165) is 16.5 Å². The lowest BCUT2D eigenvalue weighted by Gasteiger charge is -2.29. The molecule has 2 aromatic carbocycles. The Labute approximate surface area is 194 Å². The smallest absolute Gasteiger partial charge is 0.261 e. The number of hydrogen-bond donors (Lipinski definition) is 1. The first kappa shape index (κ1) is 24.9. The molecule has 0 spiro atoms. The summed E-state index contributed by atoms with van der Waals surface area (Å²) in [6, 6.07) is 14.9. The lowest BCUT2D eigenvalue weighted by atomic mass is 10.0. The van der Waals surface area contributed by atoms with E-state index in [1.807, 2.05) is 62.4 Å². The Hall–Kier alpha value is -2.34. The molecule has 2 rings (SSSR count). The van der Waals surface area contributed by atoms with Crippen LogP contribution >= 0.6 is 15.9 Å². The maximum atomic E-state index is 13.1. The van der Waals surface area contributed by atoms with Gasteiger partial charge in [-0.05, 0) is 61.6 Å². The second-order valence-corrected chi connectivity index (χ2v) is 9.07. The molecule has 2 amide bonds. The van der Waals surface area contributed by atoms with Crippen LogP contribution in [0.25, 0.3) is 0 Å². The summed E-state index contributed by atoms with van der Waals surface area (Å²) in [7, 11) is 0. The lowest BCUT2D eigenvalue weighted by molar-refractivity contribution is -0.142. The molecule has 0 aliphatic carbocycles. The summed E-state index contributed by atoms with van der Waals surface area (Å²) in [4.78, 5) is 27.4. The van der Waals surface area contributed by atoms with Gasteiger partial charge in [0.2, 0.25) is 5.91 Å². The van der Waals surface area contributed by atoms with Crippen molar-refractivity contribution in [2.75, 3.05) is 6.61 Å². The average Bonchev–Trinajstić information content (AvgIpc) is 2.75. The molecular formula is C25H33BrN2O3. The zero-order valence-electron chi connectivity index (χ0n) is 19.0. The maximum absolute atomic E-state index is 13.1. The topological polar surface area (TPSA) is 58.6 Å². The van der Waals surface area contributed by atoms with Gasteiger partial charge in [-0.1, -0.05) is 61.0 Å². The number of amides is 2. The molecule has 6 heteroatoms. The predicted molar refractivity (Wildman–Crippen MR) is 128 cm³/mol. The van der Waals surface area contributed by atoms with E-state index in [0.29, 0.717) is 18.2 Å². The van der Waals surface area contributed by atoms with E-state index in [1.54, 1.807) is 11.8 Å². The third kappa shape index (κ3) is 7.69. The number of rotatable bonds is 10. The fourth-order valence-electron chi connectivity index (χ4n) is 3.06. The number of carbonyl (C=O) groups excluding carboxylic acids is 2.